The van der Waals surface area contributed by atoms with Gasteiger partial charge in [0, 0.05) is 17.7 Å². The first-order valence-corrected chi connectivity index (χ1v) is 11.2. The maximum atomic E-state index is 14.8. The van der Waals surface area contributed by atoms with Crippen LogP contribution in [0.1, 0.15) is 80.2 Å². The van der Waals surface area contributed by atoms with Gasteiger partial charge >= 0.3 is 0 Å². The average Bonchev–Trinajstić information content (AvgIpc) is 3.58. The number of nitrogens with one attached hydrogen (secondary N) is 1. The predicted molar refractivity (Wildman–Crippen MR) is 121 cm³/mol. The summed E-state index contributed by atoms with van der Waals surface area (Å²) in [6.45, 7) is 5.65. The zero-order valence-corrected chi connectivity index (χ0v) is 18.9. The third-order valence-electron chi connectivity index (χ3n) is 6.27. The normalized spacial score (nSPS) is 15.5. The second-order valence-electron chi connectivity index (χ2n) is 8.70. The molecule has 3 aromatic rings. The first-order chi connectivity index (χ1) is 15.8. The highest BCUT2D eigenvalue weighted by Gasteiger charge is 2.46. The van der Waals surface area contributed by atoms with Crippen LogP contribution < -0.4 is 5.32 Å². The molecule has 0 amide bonds. The van der Waals surface area contributed by atoms with Gasteiger partial charge in [0.25, 0.3) is 6.43 Å². The second kappa shape index (κ2) is 8.97. The van der Waals surface area contributed by atoms with Crippen LogP contribution >= 0.6 is 0 Å². The first-order valence-electron chi connectivity index (χ1n) is 11.2. The number of anilines is 1. The van der Waals surface area contributed by atoms with Crippen LogP contribution in [0.4, 0.5) is 19.0 Å². The number of aryl methyl sites for hydroxylation is 2. The molecular formula is C25H26F3N5. The topological polar surface area (TPSA) is 74.5 Å². The Morgan fingerprint density at radius 1 is 1.18 bits per heavy atom. The van der Waals surface area contributed by atoms with E-state index in [1.165, 1.54) is 12.1 Å². The summed E-state index contributed by atoms with van der Waals surface area (Å²) in [5.41, 5.74) is 1.09. The van der Waals surface area contributed by atoms with Crippen molar-refractivity contribution in [2.45, 2.75) is 70.8 Å². The Morgan fingerprint density at radius 2 is 1.91 bits per heavy atom. The number of halogens is 3. The number of benzene rings is 1. The monoisotopic (exact) mass is 453 g/mol. The van der Waals surface area contributed by atoms with Crippen molar-refractivity contribution in [1.82, 2.24) is 15.0 Å². The summed E-state index contributed by atoms with van der Waals surface area (Å²) in [6.07, 6.45) is 1.20. The summed E-state index contributed by atoms with van der Waals surface area (Å²) in [7, 11) is 0. The van der Waals surface area contributed by atoms with Crippen LogP contribution in [0.2, 0.25) is 0 Å². The van der Waals surface area contributed by atoms with Gasteiger partial charge in [0.1, 0.15) is 17.5 Å². The Balaban J connectivity index is 1.80. The molecule has 5 nitrogen and oxygen atoms in total. The van der Waals surface area contributed by atoms with E-state index in [1.807, 2.05) is 13.0 Å². The Bertz CT molecular complexity index is 1230. The maximum absolute atomic E-state index is 14.8. The lowest BCUT2D eigenvalue weighted by atomic mass is 9.95. The quantitative estimate of drug-likeness (QED) is 0.422. The van der Waals surface area contributed by atoms with Gasteiger partial charge < -0.3 is 5.32 Å². The van der Waals surface area contributed by atoms with E-state index >= 15 is 0 Å². The van der Waals surface area contributed by atoms with E-state index in [4.69, 9.17) is 0 Å². The minimum atomic E-state index is -2.90. The van der Waals surface area contributed by atoms with Crippen molar-refractivity contribution in [3.63, 3.8) is 0 Å². The number of aromatic nitrogens is 3. The van der Waals surface area contributed by atoms with Crippen molar-refractivity contribution in [3.05, 3.63) is 58.3 Å². The van der Waals surface area contributed by atoms with Crippen molar-refractivity contribution in [2.75, 3.05) is 5.32 Å². The summed E-state index contributed by atoms with van der Waals surface area (Å²) in [6, 6.07) is 7.68. The van der Waals surface area contributed by atoms with Crippen molar-refractivity contribution < 1.29 is 13.2 Å². The van der Waals surface area contributed by atoms with E-state index in [0.29, 0.717) is 29.1 Å². The van der Waals surface area contributed by atoms with Gasteiger partial charge in [-0.3, -0.25) is 0 Å². The number of rotatable bonds is 8. The van der Waals surface area contributed by atoms with Gasteiger partial charge in [-0.2, -0.15) is 5.26 Å². The van der Waals surface area contributed by atoms with Crippen LogP contribution in [0.5, 0.6) is 0 Å². The summed E-state index contributed by atoms with van der Waals surface area (Å²) < 4.78 is 41.2. The van der Waals surface area contributed by atoms with Crippen LogP contribution in [-0.4, -0.2) is 15.0 Å². The minimum absolute atomic E-state index is 0.130. The average molecular weight is 454 g/mol. The van der Waals surface area contributed by atoms with Gasteiger partial charge in [-0.25, -0.2) is 28.1 Å². The molecule has 2 heterocycles. The highest BCUT2D eigenvalue weighted by Crippen LogP contribution is 2.49. The molecule has 8 heteroatoms. The van der Waals surface area contributed by atoms with Crippen molar-refractivity contribution >= 4 is 16.9 Å². The third kappa shape index (κ3) is 4.37. The number of unbranched alkanes of at least 4 members (excludes halogenated alkanes) is 1. The summed E-state index contributed by atoms with van der Waals surface area (Å²) in [4.78, 5) is 14.0. The number of nitrogens with zero attached hydrogens (tertiary/aromatic N) is 4. The zero-order valence-electron chi connectivity index (χ0n) is 18.9. The van der Waals surface area contributed by atoms with Gasteiger partial charge in [0.2, 0.25) is 0 Å². The number of alkyl halides is 2. The summed E-state index contributed by atoms with van der Waals surface area (Å²) in [5, 5.41) is 13.5. The lowest BCUT2D eigenvalue weighted by Gasteiger charge is -2.20. The van der Waals surface area contributed by atoms with E-state index < -0.39 is 29.3 Å². The van der Waals surface area contributed by atoms with E-state index in [0.717, 1.165) is 43.0 Å². The molecule has 33 heavy (non-hydrogen) atoms. The van der Waals surface area contributed by atoms with E-state index in [2.05, 4.69) is 33.3 Å². The highest BCUT2D eigenvalue weighted by molar-refractivity contribution is 5.88. The molecule has 1 atom stereocenters. The standard InChI is InChI=1S/C25H26F3N5/c1-4-5-9-20-32-23(30-14(2)16-7-6-8-17(21(16)26)22(27)28)18-12-19(25(13-29)10-11-25)15(3)31-24(18)33-20/h6-8,12,14,22H,4-5,9-11H2,1-3H3,(H,30,31,32,33)/t14-/m1/s1. The fraction of sp³-hybridized carbons (Fsp3) is 0.440. The van der Waals surface area contributed by atoms with Gasteiger partial charge in [0.15, 0.2) is 5.65 Å². The molecule has 0 aliphatic heterocycles. The van der Waals surface area contributed by atoms with Gasteiger partial charge in [0.05, 0.1) is 28.5 Å². The molecule has 0 unspecified atom stereocenters. The molecule has 1 N–H and O–H groups in total. The molecule has 172 valence electrons. The minimum Gasteiger partial charge on any atom is -0.363 e. The van der Waals surface area contributed by atoms with Crippen LogP contribution in [0.25, 0.3) is 11.0 Å². The maximum Gasteiger partial charge on any atom is 0.266 e. The lowest BCUT2D eigenvalue weighted by Crippen LogP contribution is -2.14. The predicted octanol–water partition coefficient (Wildman–Crippen LogP) is 6.48. The number of hydrogen-bond acceptors (Lipinski definition) is 5. The molecule has 0 saturated heterocycles. The van der Waals surface area contributed by atoms with Gasteiger partial charge in [-0.05, 0) is 44.7 Å². The van der Waals surface area contributed by atoms with Crippen molar-refractivity contribution in [3.8, 4) is 6.07 Å². The third-order valence-corrected chi connectivity index (χ3v) is 6.27. The number of hydrogen-bond donors (Lipinski definition) is 1. The largest absolute Gasteiger partial charge is 0.363 e. The molecule has 1 aromatic carbocycles. The highest BCUT2D eigenvalue weighted by atomic mass is 19.3. The van der Waals surface area contributed by atoms with E-state index in [-0.39, 0.29) is 5.56 Å². The molecule has 0 spiro atoms. The molecule has 0 bridgehead atoms. The number of nitriles is 1. The van der Waals surface area contributed by atoms with Crippen molar-refractivity contribution in [1.29, 1.82) is 5.26 Å². The smallest absolute Gasteiger partial charge is 0.266 e. The molecular weight excluding hydrogens is 427 g/mol. The molecule has 1 aliphatic rings. The Hall–Kier alpha value is -3.21. The van der Waals surface area contributed by atoms with Crippen LogP contribution in [-0.2, 0) is 11.8 Å². The summed E-state index contributed by atoms with van der Waals surface area (Å²) in [5.74, 6) is 0.151. The fourth-order valence-electron chi connectivity index (χ4n) is 4.15. The zero-order chi connectivity index (χ0) is 23.8. The molecule has 0 radical (unpaired) electrons. The molecule has 1 fully saturated rings. The number of fused-ring (bicyclic) bond motifs is 1. The molecule has 4 rings (SSSR count). The molecule has 1 saturated carbocycles. The first kappa shape index (κ1) is 23.0. The SMILES string of the molecule is CCCCc1nc(N[C@H](C)c2cccc(C(F)F)c2F)c2cc(C3(C#N)CC3)c(C)nc2n1. The fourth-order valence-corrected chi connectivity index (χ4v) is 4.15. The van der Waals surface area contributed by atoms with E-state index in [1.54, 1.807) is 6.92 Å². The molecule has 1 aliphatic carbocycles. The number of pyridine rings is 1. The van der Waals surface area contributed by atoms with Crippen LogP contribution in [0, 0.1) is 24.1 Å². The van der Waals surface area contributed by atoms with Gasteiger partial charge in [-0.15, -0.1) is 0 Å². The second-order valence-corrected chi connectivity index (χ2v) is 8.70. The lowest BCUT2D eigenvalue weighted by molar-refractivity contribution is 0.146. The Morgan fingerprint density at radius 3 is 2.55 bits per heavy atom. The van der Waals surface area contributed by atoms with Crippen LogP contribution in [0.3, 0.4) is 0 Å². The van der Waals surface area contributed by atoms with Gasteiger partial charge in [-0.1, -0.05) is 31.5 Å². The van der Waals surface area contributed by atoms with E-state index in [9.17, 15) is 18.4 Å². The Kier molecular flexibility index (Phi) is 6.24. The Labute approximate surface area is 191 Å². The summed E-state index contributed by atoms with van der Waals surface area (Å²) >= 11 is 0. The molecule has 2 aromatic heterocycles. The van der Waals surface area contributed by atoms with Crippen LogP contribution in [0.15, 0.2) is 24.3 Å². The van der Waals surface area contributed by atoms with Crippen molar-refractivity contribution in [2.24, 2.45) is 0 Å².